The molecule has 1 saturated heterocycles. The highest BCUT2D eigenvalue weighted by atomic mass is 79.9. The molecule has 1 aliphatic heterocycles. The van der Waals surface area contributed by atoms with Crippen LogP contribution in [0.25, 0.3) is 0 Å². The van der Waals surface area contributed by atoms with Crippen LogP contribution in [-0.2, 0) is 4.79 Å². The molecule has 2 amide bonds. The fourth-order valence-corrected chi connectivity index (χ4v) is 3.06. The van der Waals surface area contributed by atoms with Crippen molar-refractivity contribution in [3.63, 3.8) is 0 Å². The summed E-state index contributed by atoms with van der Waals surface area (Å²) in [6.07, 6.45) is 0.817. The van der Waals surface area contributed by atoms with Gasteiger partial charge >= 0.3 is 0 Å². The third-order valence-electron chi connectivity index (χ3n) is 3.82. The molecular weight excluding hydrogens is 344 g/mol. The van der Waals surface area contributed by atoms with Crippen LogP contribution >= 0.6 is 15.9 Å². The molecule has 1 aromatic carbocycles. The Morgan fingerprint density at radius 2 is 1.59 bits per heavy atom. The molecule has 2 rings (SSSR count). The number of hydrogen-bond acceptors (Lipinski definition) is 2. The average Bonchev–Trinajstić information content (AvgIpc) is 2.71. The van der Waals surface area contributed by atoms with Crippen molar-refractivity contribution in [1.82, 2.24) is 9.80 Å². The first kappa shape index (κ1) is 17.0. The maximum absolute atomic E-state index is 12.6. The Morgan fingerprint density at radius 1 is 1.00 bits per heavy atom. The van der Waals surface area contributed by atoms with E-state index in [4.69, 9.17) is 0 Å². The molecule has 0 radical (unpaired) electrons. The molecule has 4 nitrogen and oxygen atoms in total. The van der Waals surface area contributed by atoms with E-state index in [9.17, 15) is 9.59 Å². The summed E-state index contributed by atoms with van der Waals surface area (Å²) in [6, 6.07) is 7.47. The largest absolute Gasteiger partial charge is 0.340 e. The first-order chi connectivity index (χ1) is 10.3. The van der Waals surface area contributed by atoms with E-state index >= 15 is 0 Å². The second-order valence-electron chi connectivity index (χ2n) is 6.67. The Bertz CT molecular complexity index is 566. The number of carbonyl (C=O) groups excluding carboxylic acids is 2. The van der Waals surface area contributed by atoms with Gasteiger partial charge in [-0.05, 0) is 34.5 Å². The Kier molecular flexibility index (Phi) is 5.27. The van der Waals surface area contributed by atoms with Gasteiger partial charge in [-0.2, -0.15) is 0 Å². The van der Waals surface area contributed by atoms with Crippen molar-refractivity contribution in [3.8, 4) is 0 Å². The maximum atomic E-state index is 12.6. The third kappa shape index (κ3) is 3.88. The van der Waals surface area contributed by atoms with Crippen LogP contribution in [0.5, 0.6) is 0 Å². The van der Waals surface area contributed by atoms with Crippen LogP contribution in [0, 0.1) is 5.41 Å². The molecule has 1 aromatic rings. The summed E-state index contributed by atoms with van der Waals surface area (Å²) in [7, 11) is 0. The number of benzene rings is 1. The number of carbonyl (C=O) groups is 2. The first-order valence-corrected chi connectivity index (χ1v) is 8.43. The molecule has 0 unspecified atom stereocenters. The van der Waals surface area contributed by atoms with Crippen LogP contribution in [0.3, 0.4) is 0 Å². The Morgan fingerprint density at radius 3 is 2.23 bits per heavy atom. The smallest absolute Gasteiger partial charge is 0.255 e. The van der Waals surface area contributed by atoms with E-state index < -0.39 is 0 Å². The summed E-state index contributed by atoms with van der Waals surface area (Å²) in [5.41, 5.74) is 0.305. The van der Waals surface area contributed by atoms with Crippen LogP contribution in [0.2, 0.25) is 0 Å². The maximum Gasteiger partial charge on any atom is 0.255 e. The monoisotopic (exact) mass is 366 g/mol. The molecule has 1 heterocycles. The average molecular weight is 367 g/mol. The van der Waals surface area contributed by atoms with E-state index in [1.807, 2.05) is 54.8 Å². The second kappa shape index (κ2) is 6.82. The second-order valence-corrected chi connectivity index (χ2v) is 7.52. The van der Waals surface area contributed by atoms with Crippen LogP contribution in [-0.4, -0.2) is 47.8 Å². The van der Waals surface area contributed by atoms with Crippen LogP contribution in [0.4, 0.5) is 0 Å². The summed E-state index contributed by atoms with van der Waals surface area (Å²) in [5.74, 6) is 0.181. The molecule has 120 valence electrons. The predicted octanol–water partition coefficient (Wildman–Crippen LogP) is 3.17. The molecule has 1 fully saturated rings. The lowest BCUT2D eigenvalue weighted by molar-refractivity contribution is -0.139. The minimum Gasteiger partial charge on any atom is -0.340 e. The summed E-state index contributed by atoms with van der Waals surface area (Å²) >= 11 is 3.43. The van der Waals surface area contributed by atoms with Gasteiger partial charge in [-0.25, -0.2) is 0 Å². The van der Waals surface area contributed by atoms with Crippen molar-refractivity contribution < 1.29 is 9.59 Å². The lowest BCUT2D eigenvalue weighted by Gasteiger charge is -2.28. The number of nitrogens with zero attached hydrogens (tertiary/aromatic N) is 2. The van der Waals surface area contributed by atoms with Crippen LogP contribution in [0.1, 0.15) is 37.6 Å². The fraction of sp³-hybridized carbons (Fsp3) is 0.529. The van der Waals surface area contributed by atoms with Gasteiger partial charge in [-0.1, -0.05) is 32.9 Å². The van der Waals surface area contributed by atoms with Gasteiger partial charge in [0.2, 0.25) is 5.91 Å². The fourth-order valence-electron chi connectivity index (χ4n) is 2.60. The number of amides is 2. The molecule has 1 aliphatic rings. The highest BCUT2D eigenvalue weighted by Crippen LogP contribution is 2.21. The summed E-state index contributed by atoms with van der Waals surface area (Å²) in [6.45, 7) is 8.40. The van der Waals surface area contributed by atoms with Crippen molar-refractivity contribution in [3.05, 3.63) is 34.3 Å². The zero-order valence-electron chi connectivity index (χ0n) is 13.4. The van der Waals surface area contributed by atoms with E-state index in [2.05, 4.69) is 15.9 Å². The minimum atomic E-state index is -0.373. The normalized spacial score (nSPS) is 16.4. The van der Waals surface area contributed by atoms with E-state index in [-0.39, 0.29) is 17.2 Å². The van der Waals surface area contributed by atoms with Crippen LogP contribution in [0.15, 0.2) is 28.7 Å². The van der Waals surface area contributed by atoms with E-state index in [0.717, 1.165) is 17.4 Å². The van der Waals surface area contributed by atoms with E-state index in [0.29, 0.717) is 25.2 Å². The van der Waals surface area contributed by atoms with Gasteiger partial charge in [0.25, 0.3) is 5.91 Å². The van der Waals surface area contributed by atoms with Crippen LogP contribution < -0.4 is 0 Å². The molecule has 0 atom stereocenters. The van der Waals surface area contributed by atoms with Gasteiger partial charge in [0, 0.05) is 36.1 Å². The van der Waals surface area contributed by atoms with Crippen molar-refractivity contribution in [2.75, 3.05) is 26.2 Å². The quantitative estimate of drug-likeness (QED) is 0.765. The number of rotatable bonds is 1. The first-order valence-electron chi connectivity index (χ1n) is 7.64. The van der Waals surface area contributed by atoms with Gasteiger partial charge in [-0.15, -0.1) is 0 Å². The number of hydrogen-bond donors (Lipinski definition) is 0. The zero-order chi connectivity index (χ0) is 16.3. The Labute approximate surface area is 140 Å². The Hall–Kier alpha value is -1.36. The van der Waals surface area contributed by atoms with E-state index in [1.165, 1.54) is 0 Å². The third-order valence-corrected chi connectivity index (χ3v) is 4.51. The standard InChI is InChI=1S/C17H23BrN2O2/c1-17(2,3)16(22)20-10-6-9-19(11-12-20)15(21)13-7-4-5-8-14(13)18/h4-5,7-8H,6,9-12H2,1-3H3. The summed E-state index contributed by atoms with van der Waals surface area (Å²) in [4.78, 5) is 28.8. The van der Waals surface area contributed by atoms with Crippen molar-refractivity contribution in [2.45, 2.75) is 27.2 Å². The van der Waals surface area contributed by atoms with Gasteiger partial charge < -0.3 is 9.80 Å². The Balaban J connectivity index is 2.06. The molecule has 0 aromatic heterocycles. The molecule has 0 bridgehead atoms. The van der Waals surface area contributed by atoms with Crippen molar-refractivity contribution in [2.24, 2.45) is 5.41 Å². The van der Waals surface area contributed by atoms with Crippen molar-refractivity contribution >= 4 is 27.7 Å². The molecule has 5 heteroatoms. The van der Waals surface area contributed by atoms with Gasteiger partial charge in [0.15, 0.2) is 0 Å². The SMILES string of the molecule is CC(C)(C)C(=O)N1CCCN(C(=O)c2ccccc2Br)CC1. The highest BCUT2D eigenvalue weighted by molar-refractivity contribution is 9.10. The lowest BCUT2D eigenvalue weighted by atomic mass is 9.94. The molecule has 0 N–H and O–H groups in total. The lowest BCUT2D eigenvalue weighted by Crippen LogP contribution is -2.42. The molecule has 0 saturated carbocycles. The molecule has 22 heavy (non-hydrogen) atoms. The topological polar surface area (TPSA) is 40.6 Å². The molecular formula is C17H23BrN2O2. The molecule has 0 aliphatic carbocycles. The summed E-state index contributed by atoms with van der Waals surface area (Å²) < 4.78 is 0.812. The van der Waals surface area contributed by atoms with Gasteiger partial charge in [0.05, 0.1) is 5.56 Å². The van der Waals surface area contributed by atoms with Gasteiger partial charge in [-0.3, -0.25) is 9.59 Å². The summed E-state index contributed by atoms with van der Waals surface area (Å²) in [5, 5.41) is 0. The van der Waals surface area contributed by atoms with Gasteiger partial charge in [0.1, 0.15) is 0 Å². The van der Waals surface area contributed by atoms with E-state index in [1.54, 1.807) is 0 Å². The highest BCUT2D eigenvalue weighted by Gasteiger charge is 2.29. The molecule has 0 spiro atoms. The number of halogens is 1. The van der Waals surface area contributed by atoms with Crippen molar-refractivity contribution in [1.29, 1.82) is 0 Å². The zero-order valence-corrected chi connectivity index (χ0v) is 15.0. The predicted molar refractivity (Wildman–Crippen MR) is 90.7 cm³/mol. The minimum absolute atomic E-state index is 0.0255.